The molecule has 1 aliphatic heterocycles. The second-order valence-corrected chi connectivity index (χ2v) is 5.95. The van der Waals surface area contributed by atoms with Crippen LogP contribution in [0.2, 0.25) is 0 Å². The Labute approximate surface area is 143 Å². The molecule has 1 saturated heterocycles. The average molecular weight is 349 g/mol. The molecule has 6 heteroatoms. The molecule has 0 saturated carbocycles. The van der Waals surface area contributed by atoms with Crippen LogP contribution in [0.25, 0.3) is 0 Å². The zero-order valence-electron chi connectivity index (χ0n) is 13.8. The van der Waals surface area contributed by atoms with E-state index < -0.39 is 6.61 Å². The fourth-order valence-electron chi connectivity index (χ4n) is 3.35. The van der Waals surface area contributed by atoms with Crippen LogP contribution in [0, 0.1) is 5.92 Å². The number of halogens is 3. The van der Waals surface area contributed by atoms with E-state index in [2.05, 4.69) is 28.8 Å². The highest BCUT2D eigenvalue weighted by molar-refractivity contribution is 5.85. The number of hydrogen-bond acceptors (Lipinski definition) is 3. The van der Waals surface area contributed by atoms with Gasteiger partial charge in [0.15, 0.2) is 0 Å². The van der Waals surface area contributed by atoms with Crippen molar-refractivity contribution in [2.75, 3.05) is 26.2 Å². The van der Waals surface area contributed by atoms with Gasteiger partial charge in [0.05, 0.1) is 0 Å². The van der Waals surface area contributed by atoms with E-state index in [1.54, 1.807) is 18.2 Å². The number of nitrogens with one attached hydrogen (secondary N) is 1. The zero-order chi connectivity index (χ0) is 15.9. The van der Waals surface area contributed by atoms with Crippen molar-refractivity contribution in [2.45, 2.75) is 39.3 Å². The first-order valence-corrected chi connectivity index (χ1v) is 8.11. The van der Waals surface area contributed by atoms with Gasteiger partial charge in [0, 0.05) is 32.2 Å². The summed E-state index contributed by atoms with van der Waals surface area (Å²) in [5, 5.41) is 3.36. The first-order valence-electron chi connectivity index (χ1n) is 8.11. The standard InChI is InChI=1S/C17H26F2N2O.ClH/c1-3-5-13(2)16(21-10-8-20-9-11-21)14-6-4-7-15(12-14)22-17(18)19;/h4,6-7,12-13,16-17,20H,3,5,8-11H2,1-2H3;1H/t13?,16-;/m0./s1. The molecule has 1 fully saturated rings. The van der Waals surface area contributed by atoms with Gasteiger partial charge in [-0.05, 0) is 30.0 Å². The monoisotopic (exact) mass is 348 g/mol. The van der Waals surface area contributed by atoms with E-state index in [9.17, 15) is 8.78 Å². The molecule has 1 aromatic rings. The lowest BCUT2D eigenvalue weighted by Crippen LogP contribution is -2.46. The van der Waals surface area contributed by atoms with E-state index in [1.165, 1.54) is 0 Å². The zero-order valence-corrected chi connectivity index (χ0v) is 14.6. The molecule has 0 radical (unpaired) electrons. The minimum Gasteiger partial charge on any atom is -0.435 e. The molecule has 1 heterocycles. The van der Waals surface area contributed by atoms with E-state index in [-0.39, 0.29) is 24.2 Å². The van der Waals surface area contributed by atoms with E-state index in [4.69, 9.17) is 0 Å². The van der Waals surface area contributed by atoms with Crippen molar-refractivity contribution in [3.63, 3.8) is 0 Å². The first-order chi connectivity index (χ1) is 10.6. The van der Waals surface area contributed by atoms with Crippen molar-refractivity contribution >= 4 is 12.4 Å². The van der Waals surface area contributed by atoms with Gasteiger partial charge in [-0.15, -0.1) is 12.4 Å². The van der Waals surface area contributed by atoms with Crippen LogP contribution in [0.1, 0.15) is 38.3 Å². The number of rotatable bonds is 7. The van der Waals surface area contributed by atoms with Gasteiger partial charge in [-0.3, -0.25) is 4.90 Å². The minimum absolute atomic E-state index is 0. The Morgan fingerprint density at radius 2 is 1.96 bits per heavy atom. The molecule has 2 atom stereocenters. The number of piperazine rings is 1. The normalized spacial score (nSPS) is 18.3. The molecule has 132 valence electrons. The maximum Gasteiger partial charge on any atom is 0.387 e. The molecular weight excluding hydrogens is 322 g/mol. The number of alkyl halides is 2. The predicted molar refractivity (Wildman–Crippen MR) is 91.6 cm³/mol. The van der Waals surface area contributed by atoms with Gasteiger partial charge >= 0.3 is 6.61 Å². The second kappa shape index (κ2) is 10.1. The fourth-order valence-corrected chi connectivity index (χ4v) is 3.35. The summed E-state index contributed by atoms with van der Waals surface area (Å²) in [6.45, 7) is 5.57. The van der Waals surface area contributed by atoms with Crippen molar-refractivity contribution in [3.8, 4) is 5.75 Å². The van der Waals surface area contributed by atoms with Crippen LogP contribution in [0.5, 0.6) is 5.75 Å². The predicted octanol–water partition coefficient (Wildman–Crippen LogP) is 4.09. The highest BCUT2D eigenvalue weighted by Crippen LogP contribution is 2.33. The Morgan fingerprint density at radius 3 is 2.57 bits per heavy atom. The van der Waals surface area contributed by atoms with Crippen molar-refractivity contribution in [3.05, 3.63) is 29.8 Å². The molecule has 0 amide bonds. The van der Waals surface area contributed by atoms with Crippen LogP contribution in [0.4, 0.5) is 8.78 Å². The van der Waals surface area contributed by atoms with Gasteiger partial charge in [0.2, 0.25) is 0 Å². The Hall–Kier alpha value is -0.910. The first kappa shape index (κ1) is 20.1. The smallest absolute Gasteiger partial charge is 0.387 e. The number of benzene rings is 1. The van der Waals surface area contributed by atoms with E-state index in [1.807, 2.05) is 6.07 Å². The third-order valence-electron chi connectivity index (χ3n) is 4.25. The highest BCUT2D eigenvalue weighted by Gasteiger charge is 2.27. The van der Waals surface area contributed by atoms with Gasteiger partial charge in [-0.25, -0.2) is 0 Å². The summed E-state index contributed by atoms with van der Waals surface area (Å²) in [5.41, 5.74) is 1.07. The summed E-state index contributed by atoms with van der Waals surface area (Å²) in [6, 6.07) is 7.45. The van der Waals surface area contributed by atoms with Crippen LogP contribution in [0.15, 0.2) is 24.3 Å². The molecule has 2 rings (SSSR count). The molecular formula is C17H27ClF2N2O. The summed E-state index contributed by atoms with van der Waals surface area (Å²) >= 11 is 0. The van der Waals surface area contributed by atoms with Gasteiger partial charge in [-0.2, -0.15) is 8.78 Å². The molecule has 23 heavy (non-hydrogen) atoms. The average Bonchev–Trinajstić information content (AvgIpc) is 2.48. The lowest BCUT2D eigenvalue weighted by molar-refractivity contribution is -0.0499. The van der Waals surface area contributed by atoms with Crippen LogP contribution < -0.4 is 10.1 Å². The van der Waals surface area contributed by atoms with E-state index >= 15 is 0 Å². The highest BCUT2D eigenvalue weighted by atomic mass is 35.5. The minimum atomic E-state index is -2.78. The summed E-state index contributed by atoms with van der Waals surface area (Å²) in [4.78, 5) is 2.46. The van der Waals surface area contributed by atoms with Gasteiger partial charge in [-0.1, -0.05) is 32.4 Å². The summed E-state index contributed by atoms with van der Waals surface area (Å²) in [7, 11) is 0. The maximum absolute atomic E-state index is 12.4. The van der Waals surface area contributed by atoms with Crippen molar-refractivity contribution in [2.24, 2.45) is 5.92 Å². The van der Waals surface area contributed by atoms with Crippen LogP contribution >= 0.6 is 12.4 Å². The molecule has 1 unspecified atom stereocenters. The molecule has 0 aromatic heterocycles. The van der Waals surface area contributed by atoms with Crippen LogP contribution in [-0.4, -0.2) is 37.7 Å². The fraction of sp³-hybridized carbons (Fsp3) is 0.647. The van der Waals surface area contributed by atoms with Gasteiger partial charge in [0.1, 0.15) is 5.75 Å². The lowest BCUT2D eigenvalue weighted by atomic mass is 9.89. The topological polar surface area (TPSA) is 24.5 Å². The summed E-state index contributed by atoms with van der Waals surface area (Å²) in [5.74, 6) is 0.723. The molecule has 1 aliphatic rings. The van der Waals surface area contributed by atoms with E-state index in [0.29, 0.717) is 5.92 Å². The largest absolute Gasteiger partial charge is 0.435 e. The summed E-state index contributed by atoms with van der Waals surface area (Å²) in [6.07, 6.45) is 2.24. The Balaban J connectivity index is 0.00000264. The Kier molecular flexibility index (Phi) is 8.81. The molecule has 0 spiro atoms. The summed E-state index contributed by atoms with van der Waals surface area (Å²) < 4.78 is 29.5. The number of ether oxygens (including phenoxy) is 1. The van der Waals surface area contributed by atoms with Crippen molar-refractivity contribution in [1.82, 2.24) is 10.2 Å². The molecule has 0 bridgehead atoms. The van der Waals surface area contributed by atoms with Crippen LogP contribution in [0.3, 0.4) is 0 Å². The number of nitrogens with zero attached hydrogens (tertiary/aromatic N) is 1. The van der Waals surface area contributed by atoms with Crippen molar-refractivity contribution < 1.29 is 13.5 Å². The van der Waals surface area contributed by atoms with E-state index in [0.717, 1.165) is 44.6 Å². The van der Waals surface area contributed by atoms with Crippen LogP contribution in [-0.2, 0) is 0 Å². The molecule has 3 nitrogen and oxygen atoms in total. The molecule has 1 aromatic carbocycles. The maximum atomic E-state index is 12.4. The van der Waals surface area contributed by atoms with Crippen molar-refractivity contribution in [1.29, 1.82) is 0 Å². The SMILES string of the molecule is CCCC(C)[C@@H](c1cccc(OC(F)F)c1)N1CCNCC1.Cl. The van der Waals surface area contributed by atoms with Gasteiger partial charge < -0.3 is 10.1 Å². The Bertz CT molecular complexity index is 456. The second-order valence-electron chi connectivity index (χ2n) is 5.95. The third-order valence-corrected chi connectivity index (χ3v) is 4.25. The molecule has 1 N–H and O–H groups in total. The lowest BCUT2D eigenvalue weighted by Gasteiger charge is -2.38. The van der Waals surface area contributed by atoms with Gasteiger partial charge in [0.25, 0.3) is 0 Å². The Morgan fingerprint density at radius 1 is 1.26 bits per heavy atom. The number of hydrogen-bond donors (Lipinski definition) is 1. The molecule has 0 aliphatic carbocycles. The quantitative estimate of drug-likeness (QED) is 0.803. The third kappa shape index (κ3) is 5.90.